The zero-order valence-corrected chi connectivity index (χ0v) is 12.0. The van der Waals surface area contributed by atoms with Gasteiger partial charge < -0.3 is 5.11 Å². The monoisotopic (exact) mass is 252 g/mol. The quantitative estimate of drug-likeness (QED) is 0.813. The summed E-state index contributed by atoms with van der Waals surface area (Å²) in [6.45, 7) is 7.02. The minimum Gasteiger partial charge on any atom is -0.387 e. The fourth-order valence-electron chi connectivity index (χ4n) is 2.99. The van der Waals surface area contributed by atoms with Gasteiger partial charge in [0.25, 0.3) is 0 Å². The molecule has 0 radical (unpaired) electrons. The number of rotatable bonds is 2. The Balaban J connectivity index is 1.91. The standard InChI is InChI=1S/C15H24OS/c1-15(2,3)12-8-6-11(7-9-12)14(16)13-5-4-10-17-13/h4-5,10-12,14,16H,6-9H2,1-3H3. The first kappa shape index (κ1) is 13.1. The molecular formula is C15H24OS. The molecule has 2 rings (SSSR count). The van der Waals surface area contributed by atoms with Crippen LogP contribution in [0.4, 0.5) is 0 Å². The van der Waals surface area contributed by atoms with Crippen molar-refractivity contribution < 1.29 is 5.11 Å². The van der Waals surface area contributed by atoms with Crippen molar-refractivity contribution in [3.05, 3.63) is 22.4 Å². The highest BCUT2D eigenvalue weighted by atomic mass is 32.1. The Bertz CT molecular complexity index is 328. The normalized spacial score (nSPS) is 28.0. The smallest absolute Gasteiger partial charge is 0.0909 e. The lowest BCUT2D eigenvalue weighted by Crippen LogP contribution is -2.27. The van der Waals surface area contributed by atoms with Crippen molar-refractivity contribution in [2.45, 2.75) is 52.6 Å². The van der Waals surface area contributed by atoms with Gasteiger partial charge in [-0.2, -0.15) is 0 Å². The number of thiophene rings is 1. The lowest BCUT2D eigenvalue weighted by Gasteiger charge is -2.38. The SMILES string of the molecule is CC(C)(C)C1CCC(C(O)c2cccs2)CC1. The Hall–Kier alpha value is -0.340. The van der Waals surface area contributed by atoms with Crippen molar-refractivity contribution >= 4 is 11.3 Å². The highest BCUT2D eigenvalue weighted by Crippen LogP contribution is 2.43. The van der Waals surface area contributed by atoms with E-state index in [0.717, 1.165) is 10.8 Å². The Morgan fingerprint density at radius 2 is 1.88 bits per heavy atom. The Morgan fingerprint density at radius 1 is 1.24 bits per heavy atom. The van der Waals surface area contributed by atoms with Gasteiger partial charge in [-0.1, -0.05) is 26.8 Å². The molecule has 2 heteroatoms. The van der Waals surface area contributed by atoms with E-state index in [4.69, 9.17) is 0 Å². The van der Waals surface area contributed by atoms with E-state index in [1.165, 1.54) is 25.7 Å². The van der Waals surface area contributed by atoms with Crippen LogP contribution in [0.15, 0.2) is 17.5 Å². The van der Waals surface area contributed by atoms with Crippen LogP contribution in [0.3, 0.4) is 0 Å². The van der Waals surface area contributed by atoms with E-state index in [-0.39, 0.29) is 6.10 Å². The van der Waals surface area contributed by atoms with Crippen molar-refractivity contribution in [2.75, 3.05) is 0 Å². The van der Waals surface area contributed by atoms with Crippen molar-refractivity contribution in [1.29, 1.82) is 0 Å². The van der Waals surface area contributed by atoms with Gasteiger partial charge in [0.15, 0.2) is 0 Å². The maximum Gasteiger partial charge on any atom is 0.0909 e. The van der Waals surface area contributed by atoms with Gasteiger partial charge >= 0.3 is 0 Å². The van der Waals surface area contributed by atoms with E-state index in [1.807, 2.05) is 6.07 Å². The van der Waals surface area contributed by atoms with Crippen LogP contribution in [0, 0.1) is 17.3 Å². The summed E-state index contributed by atoms with van der Waals surface area (Å²) in [5.74, 6) is 1.31. The second-order valence-corrected chi connectivity index (χ2v) is 7.42. The molecule has 96 valence electrons. The highest BCUT2D eigenvalue weighted by molar-refractivity contribution is 7.10. The average Bonchev–Trinajstić information content (AvgIpc) is 2.80. The molecule has 1 N–H and O–H groups in total. The van der Waals surface area contributed by atoms with Crippen LogP contribution in [0.5, 0.6) is 0 Å². The third-order valence-corrected chi connectivity index (χ3v) is 5.22. The Kier molecular flexibility index (Phi) is 3.94. The molecule has 0 bridgehead atoms. The summed E-state index contributed by atoms with van der Waals surface area (Å²) in [5.41, 5.74) is 0.429. The maximum atomic E-state index is 10.3. The summed E-state index contributed by atoms with van der Waals surface area (Å²) in [6, 6.07) is 4.09. The van der Waals surface area contributed by atoms with Crippen LogP contribution in [0.1, 0.15) is 57.4 Å². The molecule has 1 fully saturated rings. The lowest BCUT2D eigenvalue weighted by atomic mass is 9.69. The minimum atomic E-state index is -0.226. The van der Waals surface area contributed by atoms with Crippen LogP contribution < -0.4 is 0 Å². The maximum absolute atomic E-state index is 10.3. The Morgan fingerprint density at radius 3 is 2.35 bits per heavy atom. The zero-order valence-electron chi connectivity index (χ0n) is 11.1. The summed E-state index contributed by atoms with van der Waals surface area (Å²) >= 11 is 1.68. The molecule has 1 saturated carbocycles. The predicted molar refractivity (Wildman–Crippen MR) is 74.2 cm³/mol. The molecule has 0 aromatic carbocycles. The molecule has 1 aromatic heterocycles. The van der Waals surface area contributed by atoms with Gasteiger partial charge in [0.1, 0.15) is 0 Å². The molecule has 1 nitrogen and oxygen atoms in total. The second-order valence-electron chi connectivity index (χ2n) is 6.44. The third kappa shape index (κ3) is 3.11. The third-order valence-electron chi connectivity index (χ3n) is 4.28. The first-order valence-corrected chi connectivity index (χ1v) is 7.58. The largest absolute Gasteiger partial charge is 0.387 e. The van der Waals surface area contributed by atoms with Crippen LogP contribution in [-0.4, -0.2) is 5.11 Å². The van der Waals surface area contributed by atoms with Gasteiger partial charge in [-0.15, -0.1) is 11.3 Å². The molecular weight excluding hydrogens is 228 g/mol. The topological polar surface area (TPSA) is 20.2 Å². The van der Waals surface area contributed by atoms with Crippen molar-refractivity contribution in [3.8, 4) is 0 Å². The van der Waals surface area contributed by atoms with Gasteiger partial charge in [0, 0.05) is 4.88 Å². The molecule has 0 spiro atoms. The minimum absolute atomic E-state index is 0.226. The summed E-state index contributed by atoms with van der Waals surface area (Å²) in [4.78, 5) is 1.14. The van der Waals surface area contributed by atoms with Gasteiger partial charge in [0.05, 0.1) is 6.10 Å². The van der Waals surface area contributed by atoms with Crippen molar-refractivity contribution in [1.82, 2.24) is 0 Å². The van der Waals surface area contributed by atoms with Gasteiger partial charge in [-0.3, -0.25) is 0 Å². The van der Waals surface area contributed by atoms with Gasteiger partial charge in [-0.05, 0) is 54.4 Å². The highest BCUT2D eigenvalue weighted by Gasteiger charge is 2.32. The molecule has 1 aliphatic carbocycles. The summed E-state index contributed by atoms with van der Waals surface area (Å²) in [5, 5.41) is 12.4. The molecule has 17 heavy (non-hydrogen) atoms. The van der Waals surface area contributed by atoms with Crippen LogP contribution in [0.2, 0.25) is 0 Å². The van der Waals surface area contributed by atoms with E-state index < -0.39 is 0 Å². The van der Waals surface area contributed by atoms with E-state index in [9.17, 15) is 5.11 Å². The van der Waals surface area contributed by atoms with E-state index in [2.05, 4.69) is 32.2 Å². The summed E-state index contributed by atoms with van der Waals surface area (Å²) in [6.07, 6.45) is 4.69. The van der Waals surface area contributed by atoms with Crippen LogP contribution in [-0.2, 0) is 0 Å². The molecule has 0 saturated heterocycles. The summed E-state index contributed by atoms with van der Waals surface area (Å²) in [7, 11) is 0. The fourth-order valence-corrected chi connectivity index (χ4v) is 3.80. The molecule has 1 aliphatic rings. The number of aliphatic hydroxyl groups is 1. The molecule has 1 heterocycles. The second kappa shape index (κ2) is 5.11. The summed E-state index contributed by atoms with van der Waals surface area (Å²) < 4.78 is 0. The lowest BCUT2D eigenvalue weighted by molar-refractivity contribution is 0.0550. The van der Waals surface area contributed by atoms with E-state index in [1.54, 1.807) is 11.3 Å². The first-order chi connectivity index (χ1) is 7.98. The van der Waals surface area contributed by atoms with Crippen molar-refractivity contribution in [3.63, 3.8) is 0 Å². The zero-order chi connectivity index (χ0) is 12.5. The molecule has 1 aromatic rings. The number of hydrogen-bond acceptors (Lipinski definition) is 2. The number of aliphatic hydroxyl groups excluding tert-OH is 1. The molecule has 0 amide bonds. The van der Waals surface area contributed by atoms with E-state index in [0.29, 0.717) is 11.3 Å². The average molecular weight is 252 g/mol. The number of hydrogen-bond donors (Lipinski definition) is 1. The first-order valence-electron chi connectivity index (χ1n) is 6.70. The van der Waals surface area contributed by atoms with Crippen LogP contribution >= 0.6 is 11.3 Å². The Labute approximate surface area is 109 Å². The van der Waals surface area contributed by atoms with Gasteiger partial charge in [0.2, 0.25) is 0 Å². The predicted octanol–water partition coefficient (Wildman–Crippen LogP) is 4.63. The van der Waals surface area contributed by atoms with E-state index >= 15 is 0 Å². The van der Waals surface area contributed by atoms with Crippen LogP contribution in [0.25, 0.3) is 0 Å². The van der Waals surface area contributed by atoms with Gasteiger partial charge in [-0.25, -0.2) is 0 Å². The molecule has 1 atom stereocenters. The molecule has 0 aliphatic heterocycles. The van der Waals surface area contributed by atoms with Crippen molar-refractivity contribution in [2.24, 2.45) is 17.3 Å². The fraction of sp³-hybridized carbons (Fsp3) is 0.733. The molecule has 1 unspecified atom stereocenters.